The second kappa shape index (κ2) is 6.02. The second-order valence-corrected chi connectivity index (χ2v) is 5.67. The summed E-state index contributed by atoms with van der Waals surface area (Å²) in [6, 6.07) is 12.4. The normalized spacial score (nSPS) is 10.5. The van der Waals surface area contributed by atoms with Gasteiger partial charge < -0.3 is 10.5 Å². The summed E-state index contributed by atoms with van der Waals surface area (Å²) in [4.78, 5) is 1.23. The number of ether oxygens (including phenoxy) is 1. The summed E-state index contributed by atoms with van der Waals surface area (Å²) in [5.74, 6) is 1.85. The van der Waals surface area contributed by atoms with Gasteiger partial charge in [-0.05, 0) is 43.7 Å². The molecule has 0 saturated heterocycles. The van der Waals surface area contributed by atoms with Crippen LogP contribution in [0.1, 0.15) is 16.7 Å². The highest BCUT2D eigenvalue weighted by Crippen LogP contribution is 2.30. The summed E-state index contributed by atoms with van der Waals surface area (Å²) in [6.07, 6.45) is 0. The van der Waals surface area contributed by atoms with E-state index in [0.717, 1.165) is 22.8 Å². The zero-order valence-corrected chi connectivity index (χ0v) is 12.4. The average molecular weight is 273 g/mol. The second-order valence-electron chi connectivity index (χ2n) is 4.62. The van der Waals surface area contributed by atoms with Gasteiger partial charge in [0.2, 0.25) is 0 Å². The lowest BCUT2D eigenvalue weighted by Crippen LogP contribution is -1.92. The molecule has 0 fully saturated rings. The molecule has 100 valence electrons. The predicted octanol–water partition coefficient (Wildman–Crippen LogP) is 4.19. The van der Waals surface area contributed by atoms with Crippen LogP contribution in [0.4, 0.5) is 5.69 Å². The van der Waals surface area contributed by atoms with Gasteiger partial charge in [-0.3, -0.25) is 0 Å². The van der Waals surface area contributed by atoms with Crippen molar-refractivity contribution in [1.82, 2.24) is 0 Å². The molecule has 2 nitrogen and oxygen atoms in total. The standard InChI is InChI=1S/C16H19NOS/c1-11-4-7-16(18-3)13(8-11)10-19-14-5-6-15(17)12(2)9-14/h4-9H,10,17H2,1-3H3. The minimum absolute atomic E-state index is 0.845. The molecule has 0 radical (unpaired) electrons. The van der Waals surface area contributed by atoms with Crippen LogP contribution in [-0.4, -0.2) is 7.11 Å². The highest BCUT2D eigenvalue weighted by atomic mass is 32.2. The Bertz CT molecular complexity index is 581. The number of anilines is 1. The van der Waals surface area contributed by atoms with E-state index in [1.54, 1.807) is 18.9 Å². The molecule has 0 aliphatic carbocycles. The predicted molar refractivity (Wildman–Crippen MR) is 82.9 cm³/mol. The molecule has 0 aliphatic rings. The molecule has 0 heterocycles. The van der Waals surface area contributed by atoms with E-state index in [2.05, 4.69) is 31.2 Å². The van der Waals surface area contributed by atoms with Gasteiger partial charge >= 0.3 is 0 Å². The lowest BCUT2D eigenvalue weighted by Gasteiger charge is -2.10. The number of benzene rings is 2. The van der Waals surface area contributed by atoms with Gasteiger partial charge in [0, 0.05) is 21.9 Å². The van der Waals surface area contributed by atoms with Crippen molar-refractivity contribution < 1.29 is 4.74 Å². The monoisotopic (exact) mass is 273 g/mol. The number of nitrogens with two attached hydrogens (primary N) is 1. The molecule has 0 unspecified atom stereocenters. The molecule has 0 amide bonds. The Kier molecular flexibility index (Phi) is 4.38. The fourth-order valence-corrected chi connectivity index (χ4v) is 2.89. The lowest BCUT2D eigenvalue weighted by molar-refractivity contribution is 0.411. The van der Waals surface area contributed by atoms with Crippen LogP contribution >= 0.6 is 11.8 Å². The Hall–Kier alpha value is -1.61. The van der Waals surface area contributed by atoms with Crippen LogP contribution in [-0.2, 0) is 5.75 Å². The molecule has 2 aromatic carbocycles. The highest BCUT2D eigenvalue weighted by molar-refractivity contribution is 7.98. The van der Waals surface area contributed by atoms with Gasteiger partial charge in [0.1, 0.15) is 5.75 Å². The zero-order valence-electron chi connectivity index (χ0n) is 11.6. The van der Waals surface area contributed by atoms with Crippen LogP contribution in [0.5, 0.6) is 5.75 Å². The number of rotatable bonds is 4. The van der Waals surface area contributed by atoms with Crippen molar-refractivity contribution in [2.75, 3.05) is 12.8 Å². The van der Waals surface area contributed by atoms with E-state index in [1.807, 2.05) is 19.1 Å². The number of nitrogen functional groups attached to an aromatic ring is 1. The van der Waals surface area contributed by atoms with Crippen LogP contribution in [0.25, 0.3) is 0 Å². The quantitative estimate of drug-likeness (QED) is 0.670. The van der Waals surface area contributed by atoms with E-state index in [0.29, 0.717) is 0 Å². The summed E-state index contributed by atoms with van der Waals surface area (Å²) in [5, 5.41) is 0. The van der Waals surface area contributed by atoms with Crippen molar-refractivity contribution in [2.45, 2.75) is 24.5 Å². The number of aryl methyl sites for hydroxylation is 2. The van der Waals surface area contributed by atoms with E-state index >= 15 is 0 Å². The van der Waals surface area contributed by atoms with Gasteiger partial charge in [-0.2, -0.15) is 0 Å². The zero-order chi connectivity index (χ0) is 13.8. The average Bonchev–Trinajstić information content (AvgIpc) is 2.40. The van der Waals surface area contributed by atoms with Crippen molar-refractivity contribution in [1.29, 1.82) is 0 Å². The third kappa shape index (κ3) is 3.44. The molecule has 0 atom stereocenters. The van der Waals surface area contributed by atoms with E-state index in [4.69, 9.17) is 10.5 Å². The van der Waals surface area contributed by atoms with Gasteiger partial charge in [0.15, 0.2) is 0 Å². The maximum Gasteiger partial charge on any atom is 0.122 e. The van der Waals surface area contributed by atoms with Gasteiger partial charge in [-0.15, -0.1) is 11.8 Å². The fraction of sp³-hybridized carbons (Fsp3) is 0.250. The van der Waals surface area contributed by atoms with Gasteiger partial charge in [0.05, 0.1) is 7.11 Å². The minimum Gasteiger partial charge on any atom is -0.496 e. The minimum atomic E-state index is 0.845. The first-order valence-corrected chi connectivity index (χ1v) is 7.21. The highest BCUT2D eigenvalue weighted by Gasteiger charge is 2.05. The Morgan fingerprint density at radius 1 is 1.11 bits per heavy atom. The van der Waals surface area contributed by atoms with Crippen LogP contribution in [0, 0.1) is 13.8 Å². The molecular weight excluding hydrogens is 254 g/mol. The van der Waals surface area contributed by atoms with E-state index < -0.39 is 0 Å². The van der Waals surface area contributed by atoms with Crippen LogP contribution in [0.3, 0.4) is 0 Å². The van der Waals surface area contributed by atoms with Gasteiger partial charge in [-0.1, -0.05) is 17.7 Å². The topological polar surface area (TPSA) is 35.2 Å². The molecule has 0 aromatic heterocycles. The van der Waals surface area contributed by atoms with Gasteiger partial charge in [-0.25, -0.2) is 0 Å². The van der Waals surface area contributed by atoms with Crippen LogP contribution in [0.2, 0.25) is 0 Å². The molecule has 2 N–H and O–H groups in total. The van der Waals surface area contributed by atoms with Crippen molar-refractivity contribution in [3.8, 4) is 5.75 Å². The van der Waals surface area contributed by atoms with Gasteiger partial charge in [0.25, 0.3) is 0 Å². The molecular formula is C16H19NOS. The molecule has 19 heavy (non-hydrogen) atoms. The van der Waals surface area contributed by atoms with Crippen molar-refractivity contribution in [2.24, 2.45) is 0 Å². The third-order valence-electron chi connectivity index (χ3n) is 3.07. The van der Waals surface area contributed by atoms with Crippen molar-refractivity contribution >= 4 is 17.4 Å². The first kappa shape index (κ1) is 13.8. The molecule has 0 aliphatic heterocycles. The Labute approximate surface area is 119 Å². The van der Waals surface area contributed by atoms with Crippen LogP contribution < -0.4 is 10.5 Å². The first-order chi connectivity index (χ1) is 9.10. The number of hydrogen-bond donors (Lipinski definition) is 1. The van der Waals surface area contributed by atoms with Crippen molar-refractivity contribution in [3.05, 3.63) is 53.1 Å². The lowest BCUT2D eigenvalue weighted by atomic mass is 10.1. The van der Waals surface area contributed by atoms with Crippen molar-refractivity contribution in [3.63, 3.8) is 0 Å². The summed E-state index contributed by atoms with van der Waals surface area (Å²) >= 11 is 1.80. The fourth-order valence-electron chi connectivity index (χ4n) is 1.92. The van der Waals surface area contributed by atoms with E-state index in [9.17, 15) is 0 Å². The number of hydrogen-bond acceptors (Lipinski definition) is 3. The molecule has 0 spiro atoms. The molecule has 0 saturated carbocycles. The molecule has 2 rings (SSSR count). The maximum atomic E-state index is 5.83. The molecule has 2 aromatic rings. The molecule has 3 heteroatoms. The first-order valence-electron chi connectivity index (χ1n) is 6.22. The summed E-state index contributed by atoms with van der Waals surface area (Å²) < 4.78 is 5.40. The Morgan fingerprint density at radius 2 is 1.89 bits per heavy atom. The SMILES string of the molecule is COc1ccc(C)cc1CSc1ccc(N)c(C)c1. The number of methoxy groups -OCH3 is 1. The maximum absolute atomic E-state index is 5.83. The van der Waals surface area contributed by atoms with Crippen LogP contribution in [0.15, 0.2) is 41.3 Å². The largest absolute Gasteiger partial charge is 0.496 e. The van der Waals surface area contributed by atoms with E-state index in [1.165, 1.54) is 16.0 Å². The summed E-state index contributed by atoms with van der Waals surface area (Å²) in [7, 11) is 1.71. The molecule has 0 bridgehead atoms. The Balaban J connectivity index is 2.13. The third-order valence-corrected chi connectivity index (χ3v) is 4.11. The smallest absolute Gasteiger partial charge is 0.122 e. The Morgan fingerprint density at radius 3 is 2.58 bits per heavy atom. The number of thioether (sulfide) groups is 1. The summed E-state index contributed by atoms with van der Waals surface area (Å²) in [6.45, 7) is 4.13. The summed E-state index contributed by atoms with van der Waals surface area (Å²) in [5.41, 5.74) is 10.3. The van der Waals surface area contributed by atoms with E-state index in [-0.39, 0.29) is 0 Å².